The molecule has 3 aliphatic rings. The van der Waals surface area contributed by atoms with E-state index in [1.807, 2.05) is 18.2 Å². The average molecular weight is 425 g/mol. The first-order valence-electron chi connectivity index (χ1n) is 11.5. The number of amides is 1. The van der Waals surface area contributed by atoms with E-state index in [4.69, 9.17) is 18.7 Å². The van der Waals surface area contributed by atoms with E-state index in [2.05, 4.69) is 37.9 Å². The first kappa shape index (κ1) is 21.0. The van der Waals surface area contributed by atoms with E-state index in [1.54, 1.807) is 0 Å². The van der Waals surface area contributed by atoms with Gasteiger partial charge in [-0.3, -0.25) is 4.79 Å². The van der Waals surface area contributed by atoms with Crippen LogP contribution in [0.1, 0.15) is 65.2 Å². The third-order valence-electron chi connectivity index (χ3n) is 7.45. The van der Waals surface area contributed by atoms with E-state index in [1.165, 1.54) is 0 Å². The van der Waals surface area contributed by atoms with Gasteiger partial charge in [-0.25, -0.2) is 4.98 Å². The number of nitrogens with one attached hydrogen (secondary N) is 1. The summed E-state index contributed by atoms with van der Waals surface area (Å²) in [5.41, 5.74) is 1.91. The minimum absolute atomic E-state index is 0.186. The van der Waals surface area contributed by atoms with Gasteiger partial charge in [0.25, 0.3) is 0 Å². The highest BCUT2D eigenvalue weighted by Crippen LogP contribution is 2.37. The van der Waals surface area contributed by atoms with Crippen LogP contribution >= 0.6 is 0 Å². The van der Waals surface area contributed by atoms with Crippen molar-refractivity contribution in [3.63, 3.8) is 0 Å². The van der Waals surface area contributed by atoms with Gasteiger partial charge in [0.2, 0.25) is 5.91 Å². The summed E-state index contributed by atoms with van der Waals surface area (Å²) in [5, 5.41) is 3.07. The summed E-state index contributed by atoms with van der Waals surface area (Å²) in [7, 11) is -0.395. The van der Waals surface area contributed by atoms with Gasteiger partial charge in [0.1, 0.15) is 5.52 Å². The van der Waals surface area contributed by atoms with E-state index in [9.17, 15) is 4.79 Å². The molecule has 8 heteroatoms. The fourth-order valence-electron chi connectivity index (χ4n) is 4.75. The molecular formula is C23H32BN3O4. The molecule has 0 radical (unpaired) electrons. The molecule has 166 valence electrons. The van der Waals surface area contributed by atoms with Crippen LogP contribution in [0.5, 0.6) is 0 Å². The predicted molar refractivity (Wildman–Crippen MR) is 119 cm³/mol. The summed E-state index contributed by atoms with van der Waals surface area (Å²) in [6.45, 7) is 11.2. The van der Waals surface area contributed by atoms with Gasteiger partial charge >= 0.3 is 7.12 Å². The zero-order valence-electron chi connectivity index (χ0n) is 18.9. The molecule has 0 unspecified atom stereocenters. The summed E-state index contributed by atoms with van der Waals surface area (Å²) < 4.78 is 18.5. The third kappa shape index (κ3) is 4.01. The van der Waals surface area contributed by atoms with Gasteiger partial charge in [-0.05, 0) is 77.6 Å². The Morgan fingerprint density at radius 3 is 2.48 bits per heavy atom. The molecule has 1 N–H and O–H groups in total. The van der Waals surface area contributed by atoms with Crippen molar-refractivity contribution in [2.75, 3.05) is 19.6 Å². The van der Waals surface area contributed by atoms with E-state index in [0.717, 1.165) is 61.3 Å². The van der Waals surface area contributed by atoms with Crippen molar-refractivity contribution in [1.82, 2.24) is 15.2 Å². The summed E-state index contributed by atoms with van der Waals surface area (Å²) in [5.74, 6) is 1.35. The van der Waals surface area contributed by atoms with Gasteiger partial charge in [-0.2, -0.15) is 0 Å². The molecule has 4 heterocycles. The lowest BCUT2D eigenvalue weighted by atomic mass is 9.79. The maximum Gasteiger partial charge on any atom is 0.494 e. The monoisotopic (exact) mass is 425 g/mol. The number of carbonyl (C=O) groups is 1. The first-order valence-corrected chi connectivity index (χ1v) is 11.5. The molecular weight excluding hydrogens is 393 g/mol. The highest BCUT2D eigenvalue weighted by atomic mass is 16.7. The number of likely N-dealkylation sites (tertiary alicyclic amines) is 1. The molecule has 3 saturated heterocycles. The number of aromatic nitrogens is 1. The fourth-order valence-corrected chi connectivity index (χ4v) is 4.75. The number of hydrogen-bond acceptors (Lipinski definition) is 6. The molecule has 1 atom stereocenters. The number of nitrogens with zero attached hydrogens (tertiary/aromatic N) is 2. The summed E-state index contributed by atoms with van der Waals surface area (Å²) in [4.78, 5) is 18.7. The van der Waals surface area contributed by atoms with Crippen LogP contribution in [0.2, 0.25) is 0 Å². The second-order valence-electron chi connectivity index (χ2n) is 10.2. The minimum atomic E-state index is -0.395. The molecule has 1 aromatic heterocycles. The molecule has 3 fully saturated rings. The lowest BCUT2D eigenvalue weighted by Gasteiger charge is -2.32. The Morgan fingerprint density at radius 2 is 1.84 bits per heavy atom. The van der Waals surface area contributed by atoms with Crippen molar-refractivity contribution >= 4 is 29.6 Å². The van der Waals surface area contributed by atoms with Crippen molar-refractivity contribution < 1.29 is 18.5 Å². The molecule has 31 heavy (non-hydrogen) atoms. The maximum absolute atomic E-state index is 11.4. The summed E-state index contributed by atoms with van der Waals surface area (Å²) in [6, 6.07) is 6.33. The molecule has 0 aliphatic carbocycles. The van der Waals surface area contributed by atoms with E-state index in [-0.39, 0.29) is 17.1 Å². The van der Waals surface area contributed by atoms with Crippen molar-refractivity contribution in [3.8, 4) is 0 Å². The smallest absolute Gasteiger partial charge is 0.440 e. The maximum atomic E-state index is 11.4. The van der Waals surface area contributed by atoms with Crippen LogP contribution in [-0.4, -0.2) is 59.8 Å². The van der Waals surface area contributed by atoms with Crippen molar-refractivity contribution in [3.05, 3.63) is 24.1 Å². The van der Waals surface area contributed by atoms with Gasteiger partial charge in [0.15, 0.2) is 11.5 Å². The van der Waals surface area contributed by atoms with Crippen LogP contribution < -0.4 is 10.8 Å². The lowest BCUT2D eigenvalue weighted by molar-refractivity contribution is -0.119. The molecule has 0 bridgehead atoms. The number of piperidine rings is 1. The first-order chi connectivity index (χ1) is 14.7. The van der Waals surface area contributed by atoms with Crippen molar-refractivity contribution in [2.24, 2.45) is 0 Å². The average Bonchev–Trinajstić information content (AvgIpc) is 3.38. The van der Waals surface area contributed by atoms with Gasteiger partial charge in [0.05, 0.1) is 11.2 Å². The topological polar surface area (TPSA) is 76.8 Å². The lowest BCUT2D eigenvalue weighted by Crippen LogP contribution is -2.42. The van der Waals surface area contributed by atoms with Gasteiger partial charge in [-0.15, -0.1) is 0 Å². The third-order valence-corrected chi connectivity index (χ3v) is 7.45. The normalized spacial score (nSPS) is 26.6. The zero-order valence-corrected chi connectivity index (χ0v) is 18.9. The number of benzene rings is 1. The van der Waals surface area contributed by atoms with Gasteiger partial charge < -0.3 is 23.9 Å². The Morgan fingerprint density at radius 1 is 1.13 bits per heavy atom. The summed E-state index contributed by atoms with van der Waals surface area (Å²) in [6.07, 6.45) is 3.67. The predicted octanol–water partition coefficient (Wildman–Crippen LogP) is 2.58. The Hall–Kier alpha value is -1.90. The highest BCUT2D eigenvalue weighted by Gasteiger charge is 2.51. The summed E-state index contributed by atoms with van der Waals surface area (Å²) >= 11 is 0. The second kappa shape index (κ2) is 7.61. The number of fused-ring (bicyclic) bond motifs is 1. The van der Waals surface area contributed by atoms with E-state index >= 15 is 0 Å². The largest absolute Gasteiger partial charge is 0.494 e. The molecule has 7 nitrogen and oxygen atoms in total. The van der Waals surface area contributed by atoms with Crippen LogP contribution in [0.25, 0.3) is 11.1 Å². The van der Waals surface area contributed by atoms with Crippen molar-refractivity contribution in [1.29, 1.82) is 0 Å². The number of carbonyl (C=O) groups excluding carboxylic acids is 1. The Labute approximate surface area is 184 Å². The Balaban J connectivity index is 1.24. The molecule has 2 aromatic rings. The molecule has 1 aromatic carbocycles. The van der Waals surface area contributed by atoms with Crippen LogP contribution in [0.3, 0.4) is 0 Å². The van der Waals surface area contributed by atoms with Gasteiger partial charge in [-0.1, -0.05) is 6.07 Å². The molecule has 0 saturated carbocycles. The second-order valence-corrected chi connectivity index (χ2v) is 10.2. The van der Waals surface area contributed by atoms with E-state index < -0.39 is 7.12 Å². The standard InChI is InChI=1S/C23H32BN3O4/c1-22(2)23(3,4)31-24(30-22)16-5-7-19-18(13-16)26-21(29-19)15-9-11-27(12-10-15)14-17-6-8-20(28)25-17/h5,7,13,15,17H,6,8-12,14H2,1-4H3,(H,25,28)/t17-/m0/s1. The molecule has 3 aliphatic heterocycles. The van der Waals surface area contributed by atoms with E-state index in [0.29, 0.717) is 18.4 Å². The SMILES string of the molecule is CC1(C)OB(c2ccc3oc(C4CCN(C[C@@H]5CCC(=O)N5)CC4)nc3c2)OC1(C)C. The quantitative estimate of drug-likeness (QED) is 0.759. The molecule has 1 amide bonds. The van der Waals surface area contributed by atoms with Crippen molar-refractivity contribution in [2.45, 2.75) is 76.5 Å². The molecule has 5 rings (SSSR count). The van der Waals surface area contributed by atoms with Gasteiger partial charge in [0, 0.05) is 24.9 Å². The number of hydrogen-bond donors (Lipinski definition) is 1. The highest BCUT2D eigenvalue weighted by molar-refractivity contribution is 6.62. The van der Waals surface area contributed by atoms with Crippen LogP contribution in [-0.2, 0) is 14.1 Å². The number of oxazole rings is 1. The molecule has 0 spiro atoms. The Bertz CT molecular complexity index is 964. The van der Waals surface area contributed by atoms with Crippen LogP contribution in [0.4, 0.5) is 0 Å². The zero-order chi connectivity index (χ0) is 21.8. The minimum Gasteiger partial charge on any atom is -0.440 e. The van der Waals surface area contributed by atoms with Crippen LogP contribution in [0, 0.1) is 0 Å². The number of rotatable bonds is 4. The van der Waals surface area contributed by atoms with Crippen LogP contribution in [0.15, 0.2) is 22.6 Å². The fraction of sp³-hybridized carbons (Fsp3) is 0.652. The Kier molecular flexibility index (Phi) is 5.15.